The summed E-state index contributed by atoms with van der Waals surface area (Å²) in [4.78, 5) is 5.13. The number of rotatable bonds is 2. The molecule has 0 saturated heterocycles. The second-order valence-electron chi connectivity index (χ2n) is 3.10. The zero-order chi connectivity index (χ0) is 12.6. The highest BCUT2D eigenvalue weighted by molar-refractivity contribution is 6.67. The predicted molar refractivity (Wildman–Crippen MR) is 64.0 cm³/mol. The minimum Gasteiger partial charge on any atom is -0.337 e. The van der Waals surface area contributed by atoms with Gasteiger partial charge >= 0.3 is 0 Å². The summed E-state index contributed by atoms with van der Waals surface area (Å²) in [6, 6.07) is 1.94. The third kappa shape index (κ3) is 3.13. The molecule has 0 radical (unpaired) electrons. The molecule has 1 atom stereocenters. The van der Waals surface area contributed by atoms with Crippen LogP contribution in [0.3, 0.4) is 0 Å². The van der Waals surface area contributed by atoms with Crippen LogP contribution in [-0.4, -0.2) is 21.1 Å². The summed E-state index contributed by atoms with van der Waals surface area (Å²) in [5, 5.41) is 12.8. The van der Waals surface area contributed by atoms with Gasteiger partial charge in [-0.25, -0.2) is 0 Å². The monoisotopic (exact) mass is 323 g/mol. The molecule has 1 unspecified atom stereocenters. The van der Waals surface area contributed by atoms with Crippen molar-refractivity contribution in [2.45, 2.75) is 16.4 Å². The normalized spacial score (nSPS) is 25.7. The SMILES string of the molecule is CC1(C#N)NC(Cl)=C(Cl)N1OCC(Cl)(Cl)Cl. The number of alkyl halides is 3. The minimum absolute atomic E-state index is 0.0277. The number of nitriles is 1. The summed E-state index contributed by atoms with van der Waals surface area (Å²) in [5.74, 6) is 0. The first-order valence-corrected chi connectivity index (χ1v) is 5.83. The van der Waals surface area contributed by atoms with Gasteiger partial charge in [-0.3, -0.25) is 4.84 Å². The van der Waals surface area contributed by atoms with E-state index in [4.69, 9.17) is 68.1 Å². The lowest BCUT2D eigenvalue weighted by atomic mass is 10.2. The maximum atomic E-state index is 8.98. The standard InChI is InChI=1S/C7H6Cl5N3O/c1-6(2-13)14-4(8)5(9)15(6)16-3-7(10,11)12/h14H,3H2,1H3. The molecule has 4 nitrogen and oxygen atoms in total. The molecule has 9 heteroatoms. The smallest absolute Gasteiger partial charge is 0.222 e. The van der Waals surface area contributed by atoms with Gasteiger partial charge < -0.3 is 5.32 Å². The number of hydrogen-bond acceptors (Lipinski definition) is 4. The summed E-state index contributed by atoms with van der Waals surface area (Å²) in [6.07, 6.45) is 0. The molecule has 0 fully saturated rings. The van der Waals surface area contributed by atoms with Crippen LogP contribution < -0.4 is 5.32 Å². The molecule has 0 aromatic rings. The number of halogens is 5. The highest BCUT2D eigenvalue weighted by atomic mass is 35.6. The van der Waals surface area contributed by atoms with Crippen molar-refractivity contribution in [3.8, 4) is 6.07 Å². The maximum absolute atomic E-state index is 8.98. The lowest BCUT2D eigenvalue weighted by Gasteiger charge is -2.30. The Morgan fingerprint density at radius 2 is 2.06 bits per heavy atom. The van der Waals surface area contributed by atoms with Gasteiger partial charge in [-0.15, -0.1) is 0 Å². The maximum Gasteiger partial charge on any atom is 0.222 e. The summed E-state index contributed by atoms with van der Waals surface area (Å²) in [7, 11) is 0. The van der Waals surface area contributed by atoms with Crippen LogP contribution in [-0.2, 0) is 4.84 Å². The van der Waals surface area contributed by atoms with Crippen molar-refractivity contribution in [3.05, 3.63) is 10.3 Å². The van der Waals surface area contributed by atoms with Gasteiger partial charge in [-0.05, 0) is 6.92 Å². The van der Waals surface area contributed by atoms with E-state index >= 15 is 0 Å². The Labute approximate surface area is 118 Å². The van der Waals surface area contributed by atoms with E-state index in [2.05, 4.69) is 5.32 Å². The van der Waals surface area contributed by atoms with Gasteiger partial charge in [-0.1, -0.05) is 58.0 Å². The van der Waals surface area contributed by atoms with Crippen LogP contribution in [0.1, 0.15) is 6.92 Å². The van der Waals surface area contributed by atoms with Crippen LogP contribution in [0.2, 0.25) is 0 Å². The molecule has 1 aliphatic heterocycles. The Bertz CT molecular complexity index is 360. The fourth-order valence-electron chi connectivity index (χ4n) is 0.998. The van der Waals surface area contributed by atoms with E-state index in [0.29, 0.717) is 0 Å². The molecule has 0 aromatic carbocycles. The highest BCUT2D eigenvalue weighted by Crippen LogP contribution is 2.34. The molecule has 90 valence electrons. The van der Waals surface area contributed by atoms with Crippen molar-refractivity contribution in [2.75, 3.05) is 6.61 Å². The molecule has 1 rings (SSSR count). The zero-order valence-corrected chi connectivity index (χ0v) is 11.7. The van der Waals surface area contributed by atoms with Crippen molar-refractivity contribution in [1.29, 1.82) is 5.26 Å². The van der Waals surface area contributed by atoms with E-state index in [9.17, 15) is 0 Å². The Hall–Kier alpha value is 0.240. The second-order valence-corrected chi connectivity index (χ2v) is 6.35. The topological polar surface area (TPSA) is 48.3 Å². The van der Waals surface area contributed by atoms with Crippen molar-refractivity contribution >= 4 is 58.0 Å². The summed E-state index contributed by atoms with van der Waals surface area (Å²) in [5.41, 5.74) is -1.23. The molecule has 1 heterocycles. The fourth-order valence-corrected chi connectivity index (χ4v) is 1.67. The largest absolute Gasteiger partial charge is 0.337 e. The van der Waals surface area contributed by atoms with Crippen molar-refractivity contribution < 1.29 is 4.84 Å². The third-order valence-electron chi connectivity index (χ3n) is 1.69. The molecule has 0 amide bonds. The van der Waals surface area contributed by atoms with E-state index in [0.717, 1.165) is 5.06 Å². The summed E-state index contributed by atoms with van der Waals surface area (Å²) < 4.78 is -1.61. The van der Waals surface area contributed by atoms with Crippen molar-refractivity contribution in [2.24, 2.45) is 0 Å². The molecule has 0 aliphatic carbocycles. The highest BCUT2D eigenvalue weighted by Gasteiger charge is 2.43. The van der Waals surface area contributed by atoms with E-state index < -0.39 is 9.46 Å². The van der Waals surface area contributed by atoms with Gasteiger partial charge in [0.05, 0.1) is 0 Å². The van der Waals surface area contributed by atoms with Crippen LogP contribution in [0.15, 0.2) is 10.3 Å². The van der Waals surface area contributed by atoms with Gasteiger partial charge in [0.1, 0.15) is 17.8 Å². The first-order valence-electron chi connectivity index (χ1n) is 3.94. The van der Waals surface area contributed by atoms with Gasteiger partial charge in [0.15, 0.2) is 5.16 Å². The lowest BCUT2D eigenvalue weighted by Crippen LogP contribution is -2.49. The van der Waals surface area contributed by atoms with Crippen molar-refractivity contribution in [3.63, 3.8) is 0 Å². The molecule has 1 aliphatic rings. The molecule has 0 bridgehead atoms. The Balaban J connectivity index is 2.80. The van der Waals surface area contributed by atoms with Gasteiger partial charge in [0, 0.05) is 0 Å². The van der Waals surface area contributed by atoms with Crippen molar-refractivity contribution in [1.82, 2.24) is 10.4 Å². The second kappa shape index (κ2) is 4.85. The van der Waals surface area contributed by atoms with E-state index in [-0.39, 0.29) is 16.9 Å². The van der Waals surface area contributed by atoms with E-state index in [1.807, 2.05) is 6.07 Å². The molecule has 0 aromatic heterocycles. The van der Waals surface area contributed by atoms with Crippen LogP contribution in [0, 0.1) is 11.3 Å². The van der Waals surface area contributed by atoms with Gasteiger partial charge in [0.2, 0.25) is 9.46 Å². The summed E-state index contributed by atoms with van der Waals surface area (Å²) in [6.45, 7) is 1.25. The minimum atomic E-state index is -1.61. The van der Waals surface area contributed by atoms with Gasteiger partial charge in [0.25, 0.3) is 0 Å². The average Bonchev–Trinajstić information content (AvgIpc) is 2.35. The molecular weight excluding hydrogens is 319 g/mol. The average molecular weight is 325 g/mol. The Kier molecular flexibility index (Phi) is 4.34. The zero-order valence-electron chi connectivity index (χ0n) is 7.90. The number of nitrogens with one attached hydrogen (secondary N) is 1. The fraction of sp³-hybridized carbons (Fsp3) is 0.571. The molecular formula is C7H6Cl5N3O. The van der Waals surface area contributed by atoms with Crippen LogP contribution in [0.5, 0.6) is 0 Å². The summed E-state index contributed by atoms with van der Waals surface area (Å²) >= 11 is 28.1. The molecule has 0 spiro atoms. The third-order valence-corrected chi connectivity index (χ3v) is 2.73. The Morgan fingerprint density at radius 3 is 2.50 bits per heavy atom. The lowest BCUT2D eigenvalue weighted by molar-refractivity contribution is -0.165. The predicted octanol–water partition coefficient (Wildman–Crippen LogP) is 3.04. The van der Waals surface area contributed by atoms with Crippen LogP contribution >= 0.6 is 58.0 Å². The number of hydrogen-bond donors (Lipinski definition) is 1. The number of hydroxylamine groups is 2. The van der Waals surface area contributed by atoms with E-state index in [1.165, 1.54) is 6.92 Å². The van der Waals surface area contributed by atoms with E-state index in [1.54, 1.807) is 0 Å². The first-order chi connectivity index (χ1) is 7.19. The first kappa shape index (κ1) is 14.3. The van der Waals surface area contributed by atoms with Gasteiger partial charge in [-0.2, -0.15) is 10.3 Å². The van der Waals surface area contributed by atoms with Crippen LogP contribution in [0.25, 0.3) is 0 Å². The molecule has 0 saturated carbocycles. The molecule has 1 N–H and O–H groups in total. The molecule has 16 heavy (non-hydrogen) atoms. The quantitative estimate of drug-likeness (QED) is 0.626. The Morgan fingerprint density at radius 1 is 1.50 bits per heavy atom. The van der Waals surface area contributed by atoms with Crippen LogP contribution in [0.4, 0.5) is 0 Å². The number of nitrogens with zero attached hydrogens (tertiary/aromatic N) is 2.